The highest BCUT2D eigenvalue weighted by Gasteiger charge is 2.03. The Morgan fingerprint density at radius 1 is 0.842 bits per heavy atom. The Morgan fingerprint density at radius 3 is 1.95 bits per heavy atom. The lowest BCUT2D eigenvalue weighted by atomic mass is 10.1. The topological polar surface area (TPSA) is 22.1 Å². The lowest BCUT2D eigenvalue weighted by molar-refractivity contribution is 0.300. The van der Waals surface area contributed by atoms with Gasteiger partial charge in [0.2, 0.25) is 0 Å². The largest absolute Gasteiger partial charge is 0.493 e. The summed E-state index contributed by atoms with van der Waals surface area (Å²) >= 11 is 0. The molecule has 0 aliphatic carbocycles. The Bertz CT molecular complexity index is 329. The minimum Gasteiger partial charge on any atom is -0.493 e. The molecule has 0 aromatic carbocycles. The lowest BCUT2D eigenvalue weighted by Gasteiger charge is -2.11. The number of nitrogens with zero attached hydrogens (tertiary/aromatic N) is 1. The summed E-state index contributed by atoms with van der Waals surface area (Å²) in [6.45, 7) is 7.22. The molecular weight excluding hydrogens is 234 g/mol. The van der Waals surface area contributed by atoms with E-state index in [-0.39, 0.29) is 0 Å². The van der Waals surface area contributed by atoms with Gasteiger partial charge < -0.3 is 4.74 Å². The van der Waals surface area contributed by atoms with Crippen LogP contribution in [0.3, 0.4) is 0 Å². The van der Waals surface area contributed by atoms with Gasteiger partial charge in [-0.2, -0.15) is 0 Å². The van der Waals surface area contributed by atoms with Gasteiger partial charge in [-0.15, -0.1) is 0 Å². The molecule has 2 heteroatoms. The zero-order chi connectivity index (χ0) is 13.9. The molecule has 0 atom stereocenters. The smallest absolute Gasteiger partial charge is 0.128 e. The molecule has 0 saturated heterocycles. The van der Waals surface area contributed by atoms with Crippen LogP contribution in [0.5, 0.6) is 5.75 Å². The summed E-state index contributed by atoms with van der Waals surface area (Å²) in [5.74, 6) is 1.03. The van der Waals surface area contributed by atoms with Crippen LogP contribution in [0.2, 0.25) is 0 Å². The summed E-state index contributed by atoms with van der Waals surface area (Å²) < 4.78 is 5.87. The van der Waals surface area contributed by atoms with Crippen LogP contribution in [0.1, 0.15) is 69.4 Å². The molecule has 0 radical (unpaired) electrons. The van der Waals surface area contributed by atoms with Gasteiger partial charge in [-0.05, 0) is 20.3 Å². The number of unbranched alkanes of at least 4 members (excludes halogenated alkanes) is 7. The summed E-state index contributed by atoms with van der Waals surface area (Å²) in [5.41, 5.74) is 2.28. The number of rotatable bonds is 10. The van der Waals surface area contributed by atoms with E-state index in [1.807, 2.05) is 12.4 Å². The van der Waals surface area contributed by atoms with Crippen molar-refractivity contribution in [3.63, 3.8) is 0 Å². The van der Waals surface area contributed by atoms with Crippen LogP contribution in [0.4, 0.5) is 0 Å². The summed E-state index contributed by atoms with van der Waals surface area (Å²) in [7, 11) is 0. The molecule has 0 unspecified atom stereocenters. The van der Waals surface area contributed by atoms with E-state index in [0.29, 0.717) is 0 Å². The molecule has 19 heavy (non-hydrogen) atoms. The molecule has 0 saturated carbocycles. The number of aromatic nitrogens is 1. The molecule has 0 aliphatic rings. The highest BCUT2D eigenvalue weighted by molar-refractivity contribution is 5.36. The van der Waals surface area contributed by atoms with Crippen molar-refractivity contribution in [2.75, 3.05) is 6.61 Å². The Labute approximate surface area is 118 Å². The second-order valence-corrected chi connectivity index (χ2v) is 5.43. The van der Waals surface area contributed by atoms with E-state index in [4.69, 9.17) is 4.74 Å². The van der Waals surface area contributed by atoms with Crippen molar-refractivity contribution < 1.29 is 4.74 Å². The molecule has 1 heterocycles. The molecule has 0 fully saturated rings. The Hall–Kier alpha value is -1.05. The Balaban J connectivity index is 2.05. The van der Waals surface area contributed by atoms with Crippen molar-refractivity contribution >= 4 is 0 Å². The second kappa shape index (κ2) is 9.82. The zero-order valence-electron chi connectivity index (χ0n) is 12.9. The van der Waals surface area contributed by atoms with Crippen LogP contribution < -0.4 is 4.74 Å². The molecule has 1 aromatic rings. The predicted octanol–water partition coefficient (Wildman–Crippen LogP) is 5.22. The minimum absolute atomic E-state index is 0.834. The van der Waals surface area contributed by atoms with E-state index >= 15 is 0 Å². The summed E-state index contributed by atoms with van der Waals surface area (Å²) in [5, 5.41) is 0. The second-order valence-electron chi connectivity index (χ2n) is 5.43. The molecule has 0 aliphatic heterocycles. The average Bonchev–Trinajstić information content (AvgIpc) is 2.40. The standard InChI is InChI=1S/C17H29NO/c1-4-5-6-7-8-9-10-11-12-19-17-15(2)13-18-14-16(17)3/h13-14H,4-12H2,1-3H3. The molecule has 1 aromatic heterocycles. The third-order valence-electron chi connectivity index (χ3n) is 3.50. The van der Waals surface area contributed by atoms with Crippen molar-refractivity contribution in [3.05, 3.63) is 23.5 Å². The van der Waals surface area contributed by atoms with Gasteiger partial charge in [0.05, 0.1) is 6.61 Å². The monoisotopic (exact) mass is 263 g/mol. The first-order chi connectivity index (χ1) is 9.25. The highest BCUT2D eigenvalue weighted by atomic mass is 16.5. The van der Waals surface area contributed by atoms with Gasteiger partial charge in [-0.25, -0.2) is 0 Å². The van der Waals surface area contributed by atoms with E-state index in [2.05, 4.69) is 25.8 Å². The molecular formula is C17H29NO. The number of hydrogen-bond donors (Lipinski definition) is 0. The first kappa shape index (κ1) is 16.0. The van der Waals surface area contributed by atoms with Crippen molar-refractivity contribution in [3.8, 4) is 5.75 Å². The number of hydrogen-bond acceptors (Lipinski definition) is 2. The highest BCUT2D eigenvalue weighted by Crippen LogP contribution is 2.21. The fourth-order valence-electron chi connectivity index (χ4n) is 2.33. The average molecular weight is 263 g/mol. The molecule has 0 spiro atoms. The van der Waals surface area contributed by atoms with Crippen LogP contribution in [-0.4, -0.2) is 11.6 Å². The van der Waals surface area contributed by atoms with Crippen LogP contribution in [0.15, 0.2) is 12.4 Å². The third kappa shape index (κ3) is 6.60. The Kier molecular flexibility index (Phi) is 8.28. The predicted molar refractivity (Wildman–Crippen MR) is 81.8 cm³/mol. The molecule has 1 rings (SSSR count). The van der Waals surface area contributed by atoms with Crippen molar-refractivity contribution in [2.24, 2.45) is 0 Å². The molecule has 0 bridgehead atoms. The van der Waals surface area contributed by atoms with Crippen LogP contribution in [0, 0.1) is 13.8 Å². The molecule has 0 amide bonds. The molecule has 2 nitrogen and oxygen atoms in total. The van der Waals surface area contributed by atoms with E-state index in [1.54, 1.807) is 0 Å². The van der Waals surface area contributed by atoms with E-state index in [9.17, 15) is 0 Å². The van der Waals surface area contributed by atoms with Crippen LogP contribution >= 0.6 is 0 Å². The fourth-order valence-corrected chi connectivity index (χ4v) is 2.33. The summed E-state index contributed by atoms with van der Waals surface area (Å²) in [6.07, 6.45) is 14.5. The van der Waals surface area contributed by atoms with Crippen molar-refractivity contribution in [2.45, 2.75) is 72.1 Å². The van der Waals surface area contributed by atoms with Gasteiger partial charge >= 0.3 is 0 Å². The number of ether oxygens (including phenoxy) is 1. The maximum atomic E-state index is 5.87. The number of aryl methyl sites for hydroxylation is 2. The lowest BCUT2D eigenvalue weighted by Crippen LogP contribution is -2.01. The van der Waals surface area contributed by atoms with E-state index < -0.39 is 0 Å². The van der Waals surface area contributed by atoms with Gasteiger partial charge in [0.1, 0.15) is 5.75 Å². The zero-order valence-corrected chi connectivity index (χ0v) is 12.9. The maximum absolute atomic E-state index is 5.87. The van der Waals surface area contributed by atoms with E-state index in [1.165, 1.54) is 44.9 Å². The maximum Gasteiger partial charge on any atom is 0.128 e. The van der Waals surface area contributed by atoms with E-state index in [0.717, 1.165) is 29.9 Å². The minimum atomic E-state index is 0.834. The van der Waals surface area contributed by atoms with Gasteiger partial charge in [-0.3, -0.25) is 4.98 Å². The van der Waals surface area contributed by atoms with Gasteiger partial charge in [0, 0.05) is 23.5 Å². The van der Waals surface area contributed by atoms with Crippen molar-refractivity contribution in [1.29, 1.82) is 0 Å². The fraction of sp³-hybridized carbons (Fsp3) is 0.706. The van der Waals surface area contributed by atoms with Crippen molar-refractivity contribution in [1.82, 2.24) is 4.98 Å². The Morgan fingerprint density at radius 2 is 1.37 bits per heavy atom. The van der Waals surface area contributed by atoms with Crippen LogP contribution in [-0.2, 0) is 0 Å². The van der Waals surface area contributed by atoms with Crippen LogP contribution in [0.25, 0.3) is 0 Å². The van der Waals surface area contributed by atoms with Gasteiger partial charge in [0.25, 0.3) is 0 Å². The molecule has 108 valence electrons. The normalized spacial score (nSPS) is 10.7. The quantitative estimate of drug-likeness (QED) is 0.540. The molecule has 0 N–H and O–H groups in total. The van der Waals surface area contributed by atoms with Gasteiger partial charge in [-0.1, -0.05) is 51.9 Å². The first-order valence-electron chi connectivity index (χ1n) is 7.79. The summed E-state index contributed by atoms with van der Waals surface area (Å²) in [6, 6.07) is 0. The number of pyridine rings is 1. The summed E-state index contributed by atoms with van der Waals surface area (Å²) in [4.78, 5) is 4.16. The first-order valence-corrected chi connectivity index (χ1v) is 7.79. The van der Waals surface area contributed by atoms with Gasteiger partial charge in [0.15, 0.2) is 0 Å². The third-order valence-corrected chi connectivity index (χ3v) is 3.50. The SMILES string of the molecule is CCCCCCCCCCOc1c(C)cncc1C.